The van der Waals surface area contributed by atoms with E-state index in [1.165, 1.54) is 18.5 Å². The zero-order valence-corrected chi connectivity index (χ0v) is 13.8. The van der Waals surface area contributed by atoms with Crippen LogP contribution in [0.3, 0.4) is 0 Å². The van der Waals surface area contributed by atoms with E-state index < -0.39 is 5.97 Å². The molecule has 1 aromatic heterocycles. The maximum atomic E-state index is 11.3. The fourth-order valence-electron chi connectivity index (χ4n) is 0.929. The van der Waals surface area contributed by atoms with E-state index in [1.54, 1.807) is 0 Å². The quantitative estimate of drug-likeness (QED) is 0.667. The van der Waals surface area contributed by atoms with Crippen molar-refractivity contribution in [2.45, 2.75) is 30.7 Å². The van der Waals surface area contributed by atoms with E-state index in [-0.39, 0.29) is 37.9 Å². The summed E-state index contributed by atoms with van der Waals surface area (Å²) >= 11 is 5.44. The number of carboxylic acid groups (broad SMARTS) is 1. The molecule has 0 aromatic carbocycles. The molecule has 0 unspecified atom stereocenters. The van der Waals surface area contributed by atoms with Crippen molar-refractivity contribution in [1.82, 2.24) is 4.98 Å². The minimum Gasteiger partial charge on any atom is -0.481 e. The van der Waals surface area contributed by atoms with Gasteiger partial charge >= 0.3 is 25.2 Å². The third-order valence-corrected chi connectivity index (χ3v) is 4.58. The number of carbonyl (C=O) groups is 2. The standard InChI is InChI=1S/C9H8ClNO3.C3H7.ClH.Mg/c10-7-3-6(4-11-5-7)8(12)1-2-9(13)14;1-3-2;;/h3-5H,1-2H2,(H,13,14);3H,1-2H3;1H;/q;;;+1/p-1. The minimum absolute atomic E-state index is 0.0304. The molecule has 1 aromatic rings. The van der Waals surface area contributed by atoms with E-state index in [0.717, 1.165) is 4.05 Å². The monoisotopic (exact) mass is 315 g/mol. The molecule has 0 atom stereocenters. The number of hydrogen-bond acceptors (Lipinski definition) is 3. The molecule has 0 saturated carbocycles. The van der Waals surface area contributed by atoms with Gasteiger partial charge in [-0.15, -0.1) is 4.05 Å². The molecule has 1 rings (SSSR count). The lowest BCUT2D eigenvalue weighted by Gasteiger charge is -1.98. The highest BCUT2D eigenvalue weighted by Gasteiger charge is 2.08. The van der Waals surface area contributed by atoms with Gasteiger partial charge in [-0.05, 0) is 6.07 Å². The van der Waals surface area contributed by atoms with Gasteiger partial charge in [-0.1, -0.05) is 25.4 Å². The number of aliphatic carboxylic acids is 1. The smallest absolute Gasteiger partial charge is 0.481 e. The lowest BCUT2D eigenvalue weighted by atomic mass is 10.1. The molecular formula is C12H15Cl2MgNO3. The molecule has 1 heterocycles. The van der Waals surface area contributed by atoms with Gasteiger partial charge in [-0.2, -0.15) is 0 Å². The summed E-state index contributed by atoms with van der Waals surface area (Å²) in [7, 11) is 5.48. The van der Waals surface area contributed by atoms with Crippen LogP contribution in [0.2, 0.25) is 9.07 Å². The Hall–Kier alpha value is -0.364. The second kappa shape index (κ2) is 10.4. The topological polar surface area (TPSA) is 67.3 Å². The van der Waals surface area contributed by atoms with Crippen molar-refractivity contribution in [3.05, 3.63) is 29.0 Å². The summed E-state index contributed by atoms with van der Waals surface area (Å²) in [6.45, 7) is 4.30. The Morgan fingerprint density at radius 2 is 1.95 bits per heavy atom. The molecule has 0 fully saturated rings. The van der Waals surface area contributed by atoms with Crippen LogP contribution in [0.5, 0.6) is 0 Å². The second-order valence-corrected chi connectivity index (χ2v) is 7.56. The molecule has 0 radical (unpaired) electrons. The number of pyridine rings is 1. The fraction of sp³-hybridized carbons (Fsp3) is 0.417. The van der Waals surface area contributed by atoms with Crippen molar-refractivity contribution in [2.24, 2.45) is 0 Å². The maximum Gasteiger partial charge on any atom is 0.503 e. The predicted octanol–water partition coefficient (Wildman–Crippen LogP) is 3.46. The van der Waals surface area contributed by atoms with Crippen LogP contribution in [0.4, 0.5) is 0 Å². The predicted molar refractivity (Wildman–Crippen MR) is 77.2 cm³/mol. The molecule has 4 nitrogen and oxygen atoms in total. The number of Topliss-reactive ketones (excluding diaryl/α,β-unsaturated/α-hetero) is 1. The molecule has 0 amide bonds. The number of rotatable bonds is 5. The van der Waals surface area contributed by atoms with Gasteiger partial charge in [0.2, 0.25) is 0 Å². The first-order valence-electron chi connectivity index (χ1n) is 5.78. The number of nitrogens with zero attached hydrogens (tertiary/aromatic N) is 1. The first-order chi connectivity index (χ1) is 8.86. The molecule has 19 heavy (non-hydrogen) atoms. The van der Waals surface area contributed by atoms with Gasteiger partial charge in [0.05, 0.1) is 11.4 Å². The molecule has 0 bridgehead atoms. The third kappa shape index (κ3) is 10.1. The highest BCUT2D eigenvalue weighted by atomic mass is 35.5. The van der Waals surface area contributed by atoms with Crippen LogP contribution in [0.15, 0.2) is 18.5 Å². The van der Waals surface area contributed by atoms with E-state index in [4.69, 9.17) is 25.8 Å². The van der Waals surface area contributed by atoms with Gasteiger partial charge in [0, 0.05) is 24.4 Å². The van der Waals surface area contributed by atoms with Crippen LogP contribution >= 0.6 is 20.7 Å². The normalized spacial score (nSPS) is 9.32. The Morgan fingerprint density at radius 1 is 1.37 bits per heavy atom. The van der Waals surface area contributed by atoms with Crippen LogP contribution in [-0.2, 0) is 4.79 Å². The highest BCUT2D eigenvalue weighted by molar-refractivity contribution is 6.94. The van der Waals surface area contributed by atoms with Crippen LogP contribution in [0.25, 0.3) is 0 Å². The van der Waals surface area contributed by atoms with Crippen LogP contribution in [-0.4, -0.2) is 41.1 Å². The van der Waals surface area contributed by atoms with Gasteiger partial charge < -0.3 is 14.2 Å². The van der Waals surface area contributed by atoms with E-state index in [9.17, 15) is 9.59 Å². The molecule has 0 aliphatic heterocycles. The zero-order chi connectivity index (χ0) is 14.8. The van der Waals surface area contributed by atoms with Crippen LogP contribution < -0.4 is 0 Å². The summed E-state index contributed by atoms with van der Waals surface area (Å²) < 4.78 is 0.789. The van der Waals surface area contributed by atoms with Gasteiger partial charge in [0.25, 0.3) is 0 Å². The van der Waals surface area contributed by atoms with Crippen LogP contribution in [0.1, 0.15) is 37.0 Å². The van der Waals surface area contributed by atoms with E-state index >= 15 is 0 Å². The number of ketones is 1. The third-order valence-electron chi connectivity index (χ3n) is 1.90. The number of halogens is 2. The summed E-state index contributed by atoms with van der Waals surface area (Å²) in [6.07, 6.45) is 2.58. The first kappa shape index (κ1) is 18.6. The van der Waals surface area contributed by atoms with Crippen molar-refractivity contribution in [3.8, 4) is 0 Å². The summed E-state index contributed by atoms with van der Waals surface area (Å²) in [5.41, 5.74) is 0.346. The molecule has 0 aliphatic rings. The molecular weight excluding hydrogens is 301 g/mol. The molecule has 1 N–H and O–H groups in total. The first-order valence-corrected chi connectivity index (χ1v) is 9.11. The Bertz CT molecular complexity index is 427. The van der Waals surface area contributed by atoms with Crippen molar-refractivity contribution in [1.29, 1.82) is 0 Å². The number of hydrogen-bond donors (Lipinski definition) is 1. The van der Waals surface area contributed by atoms with Gasteiger partial charge in [-0.3, -0.25) is 14.6 Å². The largest absolute Gasteiger partial charge is 0.503 e. The Kier molecular flexibility index (Phi) is 10.2. The molecule has 0 spiro atoms. The highest BCUT2D eigenvalue weighted by Crippen LogP contribution is 2.11. The zero-order valence-electron chi connectivity index (χ0n) is 10.9. The van der Waals surface area contributed by atoms with Gasteiger partial charge in [-0.25, -0.2) is 0 Å². The Morgan fingerprint density at radius 3 is 2.37 bits per heavy atom. The van der Waals surface area contributed by atoms with E-state index in [2.05, 4.69) is 18.8 Å². The van der Waals surface area contributed by atoms with Crippen LogP contribution in [0, 0.1) is 0 Å². The average molecular weight is 316 g/mol. The van der Waals surface area contributed by atoms with Crippen molar-refractivity contribution in [3.63, 3.8) is 0 Å². The maximum absolute atomic E-state index is 11.3. The fourth-order valence-corrected chi connectivity index (χ4v) is 1.10. The summed E-state index contributed by atoms with van der Waals surface area (Å²) in [6, 6.07) is 1.47. The van der Waals surface area contributed by atoms with E-state index in [0.29, 0.717) is 10.6 Å². The minimum atomic E-state index is -0.992. The number of aromatic nitrogens is 1. The van der Waals surface area contributed by atoms with E-state index in [1.807, 2.05) is 0 Å². The summed E-state index contributed by atoms with van der Waals surface area (Å²) in [4.78, 5) is 25.3. The average Bonchev–Trinajstić information content (AvgIpc) is 2.36. The van der Waals surface area contributed by atoms with Crippen molar-refractivity contribution < 1.29 is 14.7 Å². The molecule has 7 heteroatoms. The van der Waals surface area contributed by atoms with Crippen molar-refractivity contribution >= 4 is 51.7 Å². The molecule has 0 saturated heterocycles. The number of carbonyl (C=O) groups excluding carboxylic acids is 1. The van der Waals surface area contributed by atoms with Gasteiger partial charge in [0.1, 0.15) is 0 Å². The lowest BCUT2D eigenvalue weighted by molar-refractivity contribution is -0.136. The van der Waals surface area contributed by atoms with Gasteiger partial charge in [0.15, 0.2) is 5.78 Å². The Balaban J connectivity index is 0.000000555. The Labute approximate surface area is 131 Å². The number of carboxylic acids is 1. The molecule has 0 aliphatic carbocycles. The second-order valence-electron chi connectivity index (χ2n) is 4.26. The summed E-state index contributed by atoms with van der Waals surface area (Å²) in [5.74, 6) is -1.25. The SMILES string of the molecule is C[CH](C)[Mg][Cl].O=C(O)CCC(=O)c1cncc(Cl)c1. The lowest BCUT2D eigenvalue weighted by Crippen LogP contribution is -2.04. The molecule has 102 valence electrons. The summed E-state index contributed by atoms with van der Waals surface area (Å²) in [5, 5.41) is 8.74. The van der Waals surface area contributed by atoms with Crippen molar-refractivity contribution in [2.75, 3.05) is 0 Å².